The lowest BCUT2D eigenvalue weighted by molar-refractivity contribution is 0.1000. The van der Waals surface area contributed by atoms with Gasteiger partial charge in [-0.2, -0.15) is 0 Å². The maximum atomic E-state index is 15.2. The molecule has 0 radical (unpaired) electrons. The fourth-order valence-corrected chi connectivity index (χ4v) is 10.4. The van der Waals surface area contributed by atoms with Crippen LogP contribution in [0.15, 0.2) is 109 Å². The number of carbonyl (C=O) groups is 4. The number of ether oxygens (including phenoxy) is 8. The van der Waals surface area contributed by atoms with Crippen LogP contribution in [0.2, 0.25) is 0 Å². The second-order valence-electron chi connectivity index (χ2n) is 26.8. The first-order valence-corrected chi connectivity index (χ1v) is 35.3. The summed E-state index contributed by atoms with van der Waals surface area (Å²) in [6.45, 7) is 27.4. The molecule has 1 aliphatic heterocycles. The second kappa shape index (κ2) is 36.1. The highest BCUT2D eigenvalue weighted by molar-refractivity contribution is 6.13. The van der Waals surface area contributed by atoms with Gasteiger partial charge in [0, 0.05) is 23.3 Å². The first kappa shape index (κ1) is 74.1. The van der Waals surface area contributed by atoms with E-state index >= 15 is 19.2 Å². The monoisotopic (exact) mass is 1370 g/mol. The number of aromatic nitrogens is 6. The average molecular weight is 1370 g/mol. The van der Waals surface area contributed by atoms with Crippen LogP contribution in [0.3, 0.4) is 0 Å². The van der Waals surface area contributed by atoms with Gasteiger partial charge < -0.3 is 59.2 Å². The van der Waals surface area contributed by atoms with E-state index in [1.165, 1.54) is 12.1 Å². The second-order valence-corrected chi connectivity index (χ2v) is 26.8. The summed E-state index contributed by atoms with van der Waals surface area (Å²) < 4.78 is 54.4. The Hall–Kier alpha value is -10.1. The minimum atomic E-state index is -0.579. The third kappa shape index (κ3) is 20.5. The first-order valence-electron chi connectivity index (χ1n) is 35.3. The molecule has 0 spiro atoms. The Morgan fingerprint density at radius 2 is 0.630 bits per heavy atom. The standard InChI is InChI=1S/C78H98N10O12/c1-13-17-29-93-67-25-21-53-33-61(67)79-75(89)57-37-58(72(98-46-50(7)8)39-71(57)97-45-49(5)6)76(90)80-62-34-54(22-26-68(62)94-30-18-14-2)42-88-44-66(84-86-88)56-24-28-70(96-32-20-16-4)64(36-56)82-78(92)60-38-59(73(99-47-51(9)10)40-74(60)100-48-52(11)12)77(91)81-63-35-55(65-43-87(41-53)85-83-65)23-27-69(63)95-31-19-15-3/h21-28,33-40,43-44,49-52H,13-20,29-32,41-42,45-48H2,1-12H3,(H,79,89)(H,80,90)(H,81,91)(H,82,92). The van der Waals surface area contributed by atoms with Crippen molar-refractivity contribution >= 4 is 46.4 Å². The average Bonchev–Trinajstić information content (AvgIpc) is 1.47. The number of nitrogens with zero attached hydrogens (tertiary/aromatic N) is 6. The molecule has 3 heterocycles. The molecule has 0 saturated heterocycles. The third-order valence-electron chi connectivity index (χ3n) is 15.9. The summed E-state index contributed by atoms with van der Waals surface area (Å²) >= 11 is 0. The van der Waals surface area contributed by atoms with Crippen molar-refractivity contribution in [2.75, 3.05) is 74.1 Å². The molecule has 0 fully saturated rings. The third-order valence-corrected chi connectivity index (χ3v) is 15.9. The lowest BCUT2D eigenvalue weighted by Gasteiger charge is -2.20. The maximum absolute atomic E-state index is 15.2. The van der Waals surface area contributed by atoms with Gasteiger partial charge in [-0.3, -0.25) is 19.2 Å². The number of benzene rings is 6. The molecule has 532 valence electrons. The summed E-state index contributed by atoms with van der Waals surface area (Å²) in [6, 6.07) is 28.1. The molecule has 2 aromatic heterocycles. The van der Waals surface area contributed by atoms with E-state index in [4.69, 9.17) is 37.9 Å². The Bertz CT molecular complexity index is 3830. The molecule has 22 nitrogen and oxygen atoms in total. The molecule has 16 bridgehead atoms. The van der Waals surface area contributed by atoms with E-state index in [0.717, 1.165) is 62.5 Å². The molecule has 0 aliphatic carbocycles. The molecule has 8 aromatic rings. The zero-order valence-corrected chi connectivity index (χ0v) is 60.0. The van der Waals surface area contributed by atoms with Gasteiger partial charge in [-0.05, 0) is 133 Å². The van der Waals surface area contributed by atoms with Gasteiger partial charge in [-0.15, -0.1) is 10.2 Å². The minimum absolute atomic E-state index is 0.0697. The quantitative estimate of drug-likeness (QED) is 0.0333. The van der Waals surface area contributed by atoms with Crippen LogP contribution < -0.4 is 59.2 Å². The SMILES string of the molecule is CCCCOc1ccc2cc1NC(=O)c1cc(c(OCC(C)C)cc1OCC(C)C)C(=O)Nc1cc(ccc1OCCCC)Cn1cc(nn1)-c1ccc(OCCCC)c(c1)NC(=O)c1cc(c(OCC(C)C)cc1OCC(C)C)C(=O)Nc1cc(ccc1OCCCC)-c1cn(nn1)C2. The number of carbonyl (C=O) groups excluding carboxylic acids is 4. The van der Waals surface area contributed by atoms with Gasteiger partial charge in [0.2, 0.25) is 0 Å². The Morgan fingerprint density at radius 1 is 0.350 bits per heavy atom. The molecule has 0 unspecified atom stereocenters. The number of fused-ring (bicyclic) bond motifs is 18. The first-order chi connectivity index (χ1) is 48.3. The predicted molar refractivity (Wildman–Crippen MR) is 390 cm³/mol. The number of unbranched alkanes of at least 4 members (excludes halogenated alkanes) is 4. The smallest absolute Gasteiger partial charge is 0.259 e. The topological polar surface area (TPSA) is 252 Å². The summed E-state index contributed by atoms with van der Waals surface area (Å²) in [6.07, 6.45) is 10.2. The van der Waals surface area contributed by atoms with E-state index in [9.17, 15) is 0 Å². The molecule has 100 heavy (non-hydrogen) atoms. The zero-order chi connectivity index (χ0) is 71.2. The van der Waals surface area contributed by atoms with Gasteiger partial charge in [0.05, 0.1) is 123 Å². The number of rotatable bonds is 28. The fourth-order valence-electron chi connectivity index (χ4n) is 10.4. The van der Waals surface area contributed by atoms with Gasteiger partial charge in [-0.1, -0.05) is 131 Å². The van der Waals surface area contributed by atoms with Crippen molar-refractivity contribution in [2.24, 2.45) is 23.7 Å². The largest absolute Gasteiger partial charge is 0.492 e. The van der Waals surface area contributed by atoms with Gasteiger partial charge in [0.25, 0.3) is 23.6 Å². The van der Waals surface area contributed by atoms with Crippen LogP contribution in [-0.4, -0.2) is 106 Å². The number of nitrogens with one attached hydrogen (secondary N) is 4. The van der Waals surface area contributed by atoms with Crippen LogP contribution in [0.5, 0.6) is 46.0 Å². The van der Waals surface area contributed by atoms with Crippen molar-refractivity contribution in [1.29, 1.82) is 0 Å². The van der Waals surface area contributed by atoms with Crippen LogP contribution >= 0.6 is 0 Å². The van der Waals surface area contributed by atoms with E-state index in [1.807, 2.05) is 104 Å². The van der Waals surface area contributed by atoms with Crippen molar-refractivity contribution in [3.8, 4) is 68.5 Å². The molecule has 9 rings (SSSR count). The summed E-state index contributed by atoms with van der Waals surface area (Å²) in [7, 11) is 0. The highest BCUT2D eigenvalue weighted by Gasteiger charge is 2.28. The van der Waals surface area contributed by atoms with Crippen LogP contribution in [0.1, 0.15) is 187 Å². The summed E-state index contributed by atoms with van der Waals surface area (Å²) in [5.74, 6) is 0.583. The number of hydrogen-bond donors (Lipinski definition) is 4. The Morgan fingerprint density at radius 3 is 0.910 bits per heavy atom. The van der Waals surface area contributed by atoms with Crippen LogP contribution in [0, 0.1) is 23.7 Å². The Kier molecular flexibility index (Phi) is 26.8. The van der Waals surface area contributed by atoms with Crippen LogP contribution in [0.4, 0.5) is 22.7 Å². The normalized spacial score (nSPS) is 12.7. The van der Waals surface area contributed by atoms with Crippen LogP contribution in [-0.2, 0) is 13.1 Å². The van der Waals surface area contributed by atoms with Crippen molar-refractivity contribution in [1.82, 2.24) is 30.0 Å². The highest BCUT2D eigenvalue weighted by atomic mass is 16.5. The van der Waals surface area contributed by atoms with Gasteiger partial charge >= 0.3 is 0 Å². The van der Waals surface area contributed by atoms with Crippen molar-refractivity contribution in [3.63, 3.8) is 0 Å². The van der Waals surface area contributed by atoms with Crippen LogP contribution in [0.25, 0.3) is 22.5 Å². The van der Waals surface area contributed by atoms with Crippen molar-refractivity contribution in [2.45, 2.75) is 148 Å². The van der Waals surface area contributed by atoms with Gasteiger partial charge in [0.15, 0.2) is 0 Å². The van der Waals surface area contributed by atoms with E-state index in [0.29, 0.717) is 94.7 Å². The molecule has 4 amide bonds. The summed E-state index contributed by atoms with van der Waals surface area (Å²) in [4.78, 5) is 60.8. The van der Waals surface area contributed by atoms with E-state index in [1.54, 1.807) is 58.2 Å². The number of anilines is 4. The molecule has 0 saturated carbocycles. The molecule has 0 atom stereocenters. The molecule has 1 aliphatic rings. The molecule has 22 heteroatoms. The Balaban J connectivity index is 1.20. The van der Waals surface area contributed by atoms with Gasteiger partial charge in [0.1, 0.15) is 57.4 Å². The zero-order valence-electron chi connectivity index (χ0n) is 60.0. The Labute approximate surface area is 587 Å². The lowest BCUT2D eigenvalue weighted by Crippen LogP contribution is -2.20. The lowest BCUT2D eigenvalue weighted by atomic mass is 10.0. The highest BCUT2D eigenvalue weighted by Crippen LogP contribution is 2.39. The number of hydrogen-bond acceptors (Lipinski definition) is 16. The fraction of sp³-hybridized carbons (Fsp3) is 0.436. The van der Waals surface area contributed by atoms with E-state index in [-0.39, 0.29) is 108 Å². The van der Waals surface area contributed by atoms with Crippen molar-refractivity contribution < 1.29 is 57.1 Å². The summed E-state index contributed by atoms with van der Waals surface area (Å²) in [5, 5.41) is 30.8. The minimum Gasteiger partial charge on any atom is -0.492 e. The van der Waals surface area contributed by atoms with E-state index < -0.39 is 23.6 Å². The molecule has 6 aromatic carbocycles. The van der Waals surface area contributed by atoms with E-state index in [2.05, 4.69) is 69.6 Å². The van der Waals surface area contributed by atoms with Gasteiger partial charge in [-0.25, -0.2) is 9.36 Å². The summed E-state index contributed by atoms with van der Waals surface area (Å²) in [5.41, 5.74) is 5.43. The molecular weight excluding hydrogens is 1270 g/mol. The molecule has 4 N–H and O–H groups in total. The number of amides is 4. The predicted octanol–water partition coefficient (Wildman–Crippen LogP) is 16.5. The molecular formula is C78H98N10O12. The van der Waals surface area contributed by atoms with Crippen molar-refractivity contribution in [3.05, 3.63) is 143 Å². The maximum Gasteiger partial charge on any atom is 0.259 e.